The first kappa shape index (κ1) is 15.5. The zero-order valence-corrected chi connectivity index (χ0v) is 12.9. The van der Waals surface area contributed by atoms with Crippen LogP contribution in [-0.4, -0.2) is 26.5 Å². The zero-order valence-electron chi connectivity index (χ0n) is 12.9. The van der Waals surface area contributed by atoms with Crippen LogP contribution < -0.4 is 5.32 Å². The maximum atomic E-state index is 11.8. The van der Waals surface area contributed by atoms with Gasteiger partial charge in [-0.05, 0) is 39.8 Å². The number of anilines is 1. The second-order valence-electron chi connectivity index (χ2n) is 5.75. The first-order valence-corrected chi connectivity index (χ1v) is 6.71. The van der Waals surface area contributed by atoms with Crippen molar-refractivity contribution >= 4 is 11.9 Å². The van der Waals surface area contributed by atoms with Crippen LogP contribution in [0.4, 0.5) is 10.6 Å². The van der Waals surface area contributed by atoms with Crippen molar-refractivity contribution in [3.63, 3.8) is 0 Å². The molecule has 2 rings (SSSR count). The van der Waals surface area contributed by atoms with Crippen molar-refractivity contribution in [2.75, 3.05) is 5.32 Å². The van der Waals surface area contributed by atoms with Gasteiger partial charge in [-0.2, -0.15) is 5.26 Å². The summed E-state index contributed by atoms with van der Waals surface area (Å²) in [6, 6.07) is 5.34. The number of amides is 1. The maximum absolute atomic E-state index is 11.8. The molecule has 2 heterocycles. The molecule has 0 radical (unpaired) electrons. The molecule has 114 valence electrons. The summed E-state index contributed by atoms with van der Waals surface area (Å²) in [4.78, 5) is 15.9. The minimum atomic E-state index is -0.574. The number of pyridine rings is 1. The molecule has 0 saturated heterocycles. The van der Waals surface area contributed by atoms with Gasteiger partial charge < -0.3 is 4.74 Å². The molecule has 0 saturated carbocycles. The van der Waals surface area contributed by atoms with E-state index in [-0.39, 0.29) is 0 Å². The number of hydrogen-bond donors (Lipinski definition) is 1. The summed E-state index contributed by atoms with van der Waals surface area (Å²) in [5, 5.41) is 15.6. The summed E-state index contributed by atoms with van der Waals surface area (Å²) in [5.41, 5.74) is 0.673. The van der Waals surface area contributed by atoms with Crippen LogP contribution in [0, 0.1) is 18.3 Å². The molecule has 22 heavy (non-hydrogen) atoms. The number of rotatable bonds is 2. The predicted octanol–water partition coefficient (Wildman–Crippen LogP) is 2.79. The molecule has 7 heteroatoms. The first-order chi connectivity index (χ1) is 10.3. The Labute approximate surface area is 128 Å². The van der Waals surface area contributed by atoms with Gasteiger partial charge in [0.2, 0.25) is 0 Å². The maximum Gasteiger partial charge on any atom is 0.413 e. The molecule has 0 atom stereocenters. The number of carbonyl (C=O) groups excluding carboxylic acids is 1. The van der Waals surface area contributed by atoms with E-state index in [1.807, 2.05) is 13.0 Å². The summed E-state index contributed by atoms with van der Waals surface area (Å²) in [7, 11) is 0. The summed E-state index contributed by atoms with van der Waals surface area (Å²) >= 11 is 0. The molecule has 1 amide bonds. The van der Waals surface area contributed by atoms with Crippen molar-refractivity contribution in [1.29, 1.82) is 5.26 Å². The molecule has 1 N–H and O–H groups in total. The highest BCUT2D eigenvalue weighted by Gasteiger charge is 2.18. The number of nitriles is 1. The fraction of sp³-hybridized carbons (Fsp3) is 0.333. The molecule has 7 nitrogen and oxygen atoms in total. The molecule has 2 aromatic heterocycles. The van der Waals surface area contributed by atoms with Crippen LogP contribution in [0.3, 0.4) is 0 Å². The van der Waals surface area contributed by atoms with Crippen LogP contribution in [0.15, 0.2) is 24.5 Å². The van der Waals surface area contributed by atoms with Crippen LogP contribution in [0.2, 0.25) is 0 Å². The van der Waals surface area contributed by atoms with Gasteiger partial charge in [-0.15, -0.1) is 5.10 Å². The van der Waals surface area contributed by atoms with Gasteiger partial charge in [0, 0.05) is 18.0 Å². The lowest BCUT2D eigenvalue weighted by Gasteiger charge is -2.19. The third kappa shape index (κ3) is 3.82. The molecule has 0 fully saturated rings. The smallest absolute Gasteiger partial charge is 0.413 e. The largest absolute Gasteiger partial charge is 0.444 e. The average molecular weight is 299 g/mol. The van der Waals surface area contributed by atoms with Crippen molar-refractivity contribution in [2.24, 2.45) is 0 Å². The topological polar surface area (TPSA) is 92.8 Å². The lowest BCUT2D eigenvalue weighted by Crippen LogP contribution is -2.27. The van der Waals surface area contributed by atoms with Gasteiger partial charge in [0.25, 0.3) is 0 Å². The second-order valence-corrected chi connectivity index (χ2v) is 5.75. The lowest BCUT2D eigenvalue weighted by molar-refractivity contribution is 0.0635. The van der Waals surface area contributed by atoms with Gasteiger partial charge in [-0.3, -0.25) is 5.32 Å². The van der Waals surface area contributed by atoms with Crippen LogP contribution in [0.1, 0.15) is 31.9 Å². The van der Waals surface area contributed by atoms with Gasteiger partial charge >= 0.3 is 6.09 Å². The van der Waals surface area contributed by atoms with E-state index in [4.69, 9.17) is 10.00 Å². The monoisotopic (exact) mass is 299 g/mol. The molecule has 0 unspecified atom stereocenters. The number of aromatic nitrogens is 3. The van der Waals surface area contributed by atoms with E-state index in [1.165, 1.54) is 10.9 Å². The highest BCUT2D eigenvalue weighted by molar-refractivity contribution is 5.84. The van der Waals surface area contributed by atoms with Gasteiger partial charge in [0.05, 0.1) is 5.56 Å². The number of aryl methyl sites for hydroxylation is 1. The van der Waals surface area contributed by atoms with E-state index in [0.717, 1.165) is 5.56 Å². The van der Waals surface area contributed by atoms with E-state index in [2.05, 4.69) is 15.4 Å². The Morgan fingerprint density at radius 3 is 2.68 bits per heavy atom. The quantitative estimate of drug-likeness (QED) is 0.920. The normalized spacial score (nSPS) is 10.9. The predicted molar refractivity (Wildman–Crippen MR) is 80.7 cm³/mol. The zero-order chi connectivity index (χ0) is 16.3. The lowest BCUT2D eigenvalue weighted by atomic mass is 10.2. The number of nitrogens with one attached hydrogen (secondary N) is 1. The number of carbonyl (C=O) groups is 1. The van der Waals surface area contributed by atoms with Gasteiger partial charge in [-0.1, -0.05) is 0 Å². The third-order valence-electron chi connectivity index (χ3n) is 2.63. The van der Waals surface area contributed by atoms with Crippen LogP contribution in [0.25, 0.3) is 5.82 Å². The number of hydrogen-bond acceptors (Lipinski definition) is 5. The van der Waals surface area contributed by atoms with E-state index in [9.17, 15) is 4.79 Å². The third-order valence-corrected chi connectivity index (χ3v) is 2.63. The molecule has 0 aromatic carbocycles. The SMILES string of the molecule is Cc1cn(-c2ccc(C#N)cn2)nc1NC(=O)OC(C)(C)C. The van der Waals surface area contributed by atoms with Crippen molar-refractivity contribution < 1.29 is 9.53 Å². The highest BCUT2D eigenvalue weighted by atomic mass is 16.6. The van der Waals surface area contributed by atoms with Crippen molar-refractivity contribution in [3.05, 3.63) is 35.7 Å². The Balaban J connectivity index is 2.17. The minimum Gasteiger partial charge on any atom is -0.444 e. The van der Waals surface area contributed by atoms with Gasteiger partial charge in [-0.25, -0.2) is 14.5 Å². The van der Waals surface area contributed by atoms with Crippen molar-refractivity contribution in [1.82, 2.24) is 14.8 Å². The number of ether oxygens (including phenoxy) is 1. The molecular weight excluding hydrogens is 282 g/mol. The summed E-state index contributed by atoms with van der Waals surface area (Å²) in [5.74, 6) is 0.958. The molecule has 0 spiro atoms. The Morgan fingerprint density at radius 1 is 1.41 bits per heavy atom. The van der Waals surface area contributed by atoms with Crippen molar-refractivity contribution in [2.45, 2.75) is 33.3 Å². The Hall–Kier alpha value is -2.88. The Kier molecular flexibility index (Phi) is 4.13. The minimum absolute atomic E-state index is 0.403. The molecule has 2 aromatic rings. The van der Waals surface area contributed by atoms with E-state index < -0.39 is 11.7 Å². The van der Waals surface area contributed by atoms with Crippen LogP contribution >= 0.6 is 0 Å². The van der Waals surface area contributed by atoms with Crippen LogP contribution in [-0.2, 0) is 4.74 Å². The van der Waals surface area contributed by atoms with E-state index in [0.29, 0.717) is 17.2 Å². The summed E-state index contributed by atoms with van der Waals surface area (Å²) in [6.07, 6.45) is 2.64. The summed E-state index contributed by atoms with van der Waals surface area (Å²) < 4.78 is 6.72. The molecular formula is C15H17N5O2. The van der Waals surface area contributed by atoms with Crippen LogP contribution in [0.5, 0.6) is 0 Å². The number of nitrogens with zero attached hydrogens (tertiary/aromatic N) is 4. The average Bonchev–Trinajstić information content (AvgIpc) is 2.78. The van der Waals surface area contributed by atoms with Gasteiger partial charge in [0.1, 0.15) is 11.7 Å². The molecule has 0 aliphatic rings. The molecule has 0 bridgehead atoms. The second kappa shape index (κ2) is 5.85. The standard InChI is InChI=1S/C15H17N5O2/c1-10-9-20(12-6-5-11(7-16)8-17-12)19-13(10)18-14(21)22-15(2,3)4/h5-6,8-9H,1-4H3,(H,18,19,21). The van der Waals surface area contributed by atoms with E-state index >= 15 is 0 Å². The first-order valence-electron chi connectivity index (χ1n) is 6.71. The Morgan fingerprint density at radius 2 is 2.14 bits per heavy atom. The highest BCUT2D eigenvalue weighted by Crippen LogP contribution is 2.16. The molecule has 0 aliphatic heterocycles. The summed E-state index contributed by atoms with van der Waals surface area (Å²) in [6.45, 7) is 7.19. The fourth-order valence-corrected chi connectivity index (χ4v) is 1.69. The van der Waals surface area contributed by atoms with E-state index in [1.54, 1.807) is 39.1 Å². The fourth-order valence-electron chi connectivity index (χ4n) is 1.69. The van der Waals surface area contributed by atoms with Gasteiger partial charge in [0.15, 0.2) is 11.6 Å². The Bertz CT molecular complexity index is 720. The van der Waals surface area contributed by atoms with Crippen molar-refractivity contribution in [3.8, 4) is 11.9 Å². The molecule has 0 aliphatic carbocycles.